The lowest BCUT2D eigenvalue weighted by molar-refractivity contribution is -0.117. The molecule has 0 fully saturated rings. The van der Waals surface area contributed by atoms with Gasteiger partial charge in [-0.2, -0.15) is 8.78 Å². The maximum Gasteiger partial charge on any atom is 0.341 e. The lowest BCUT2D eigenvalue weighted by Crippen LogP contribution is -2.33. The van der Waals surface area contributed by atoms with E-state index in [4.69, 9.17) is 5.73 Å². The minimum Gasteiger partial charge on any atom is -0.324 e. The van der Waals surface area contributed by atoms with Gasteiger partial charge < -0.3 is 11.1 Å². The molecule has 0 aliphatic heterocycles. The summed E-state index contributed by atoms with van der Waals surface area (Å²) in [6, 6.07) is 4.04. The smallest absolute Gasteiger partial charge is 0.324 e. The molecule has 0 radical (unpaired) electrons. The number of carbonyl (C=O) groups is 1. The van der Waals surface area contributed by atoms with Crippen molar-refractivity contribution in [2.24, 2.45) is 5.73 Å². The Balaban J connectivity index is 3.20. The van der Waals surface area contributed by atoms with Gasteiger partial charge in [-0.25, -0.2) is 8.42 Å². The second-order valence-electron chi connectivity index (χ2n) is 3.58. The fourth-order valence-corrected chi connectivity index (χ4v) is 2.05. The van der Waals surface area contributed by atoms with Crippen LogP contribution in [0.25, 0.3) is 0 Å². The molecule has 1 aromatic rings. The van der Waals surface area contributed by atoms with Crippen molar-refractivity contribution in [3.63, 3.8) is 0 Å². The van der Waals surface area contributed by atoms with Crippen LogP contribution in [0.15, 0.2) is 29.2 Å². The number of alkyl halides is 2. The molecule has 1 rings (SSSR count). The Bertz CT molecular complexity index is 544. The molecule has 1 aromatic carbocycles. The van der Waals surface area contributed by atoms with Crippen molar-refractivity contribution in [3.05, 3.63) is 24.3 Å². The molecule has 18 heavy (non-hydrogen) atoms. The number of hydrogen-bond acceptors (Lipinski definition) is 4. The molecule has 0 unspecified atom stereocenters. The maximum absolute atomic E-state index is 12.4. The van der Waals surface area contributed by atoms with Crippen LogP contribution in [0, 0.1) is 0 Å². The highest BCUT2D eigenvalue weighted by Gasteiger charge is 2.29. The first-order valence-electron chi connectivity index (χ1n) is 4.94. The quantitative estimate of drug-likeness (QED) is 0.858. The van der Waals surface area contributed by atoms with Gasteiger partial charge in [0.1, 0.15) is 0 Å². The summed E-state index contributed by atoms with van der Waals surface area (Å²) in [7, 11) is -4.77. The minimum atomic E-state index is -4.77. The van der Waals surface area contributed by atoms with Crippen molar-refractivity contribution in [3.8, 4) is 0 Å². The fourth-order valence-electron chi connectivity index (χ4n) is 1.16. The summed E-state index contributed by atoms with van der Waals surface area (Å²) < 4.78 is 47.6. The molecule has 0 bridgehead atoms. The van der Waals surface area contributed by atoms with Gasteiger partial charge in [-0.1, -0.05) is 12.1 Å². The number of carbonyl (C=O) groups excluding carboxylic acids is 1. The molecule has 0 saturated heterocycles. The van der Waals surface area contributed by atoms with E-state index in [2.05, 4.69) is 5.32 Å². The third kappa shape index (κ3) is 3.02. The summed E-state index contributed by atoms with van der Waals surface area (Å²) in [6.45, 7) is 1.39. The molecule has 1 atom stereocenters. The summed E-state index contributed by atoms with van der Waals surface area (Å²) in [5.74, 6) is -4.21. The summed E-state index contributed by atoms with van der Waals surface area (Å²) >= 11 is 0. The second-order valence-corrected chi connectivity index (χ2v) is 5.47. The molecular formula is C10H12F2N2O3S. The lowest BCUT2D eigenvalue weighted by atomic mass is 10.3. The molecule has 8 heteroatoms. The molecular weight excluding hydrogens is 266 g/mol. The number of benzene rings is 1. The highest BCUT2D eigenvalue weighted by molar-refractivity contribution is 7.91. The van der Waals surface area contributed by atoms with Crippen LogP contribution >= 0.6 is 0 Å². The summed E-state index contributed by atoms with van der Waals surface area (Å²) in [5, 5.41) is 2.19. The molecule has 100 valence electrons. The van der Waals surface area contributed by atoms with Crippen LogP contribution in [0.1, 0.15) is 6.92 Å². The Kier molecular flexibility index (Phi) is 4.36. The summed E-state index contributed by atoms with van der Waals surface area (Å²) in [6.07, 6.45) is 0. The van der Waals surface area contributed by atoms with Gasteiger partial charge in [0, 0.05) is 0 Å². The predicted octanol–water partition coefficient (Wildman–Crippen LogP) is 0.969. The van der Waals surface area contributed by atoms with Crippen molar-refractivity contribution in [1.29, 1.82) is 0 Å². The molecule has 0 aromatic heterocycles. The lowest BCUT2D eigenvalue weighted by Gasteiger charge is -2.12. The van der Waals surface area contributed by atoms with Gasteiger partial charge in [-0.15, -0.1) is 0 Å². The van der Waals surface area contributed by atoms with E-state index in [0.29, 0.717) is 0 Å². The SMILES string of the molecule is C[C@@H](N)C(=O)Nc1ccccc1S(=O)(=O)C(F)F. The standard InChI is InChI=1S/C10H12F2N2O3S/c1-6(13)9(15)14-7-4-2-3-5-8(7)18(16,17)10(11)12/h2-6,10H,13H2,1H3,(H,14,15)/t6-/m1/s1. The first-order valence-corrected chi connectivity index (χ1v) is 6.49. The first kappa shape index (κ1) is 14.5. The van der Waals surface area contributed by atoms with Crippen molar-refractivity contribution in [2.45, 2.75) is 23.6 Å². The molecule has 0 aliphatic rings. The van der Waals surface area contributed by atoms with Gasteiger partial charge in [-0.3, -0.25) is 4.79 Å². The van der Waals surface area contributed by atoms with Gasteiger partial charge in [0.15, 0.2) is 0 Å². The largest absolute Gasteiger partial charge is 0.341 e. The highest BCUT2D eigenvalue weighted by atomic mass is 32.2. The Labute approximate surface area is 103 Å². The van der Waals surface area contributed by atoms with E-state index < -0.39 is 32.4 Å². The van der Waals surface area contributed by atoms with Crippen LogP contribution in [0.2, 0.25) is 0 Å². The number of hydrogen-bond donors (Lipinski definition) is 2. The number of nitrogens with two attached hydrogens (primary N) is 1. The average molecular weight is 278 g/mol. The van der Waals surface area contributed by atoms with Gasteiger partial charge in [0.25, 0.3) is 0 Å². The molecule has 0 saturated carbocycles. The number of sulfone groups is 1. The maximum atomic E-state index is 12.4. The Hall–Kier alpha value is -1.54. The summed E-state index contributed by atoms with van der Waals surface area (Å²) in [5.41, 5.74) is 5.08. The average Bonchev–Trinajstić information content (AvgIpc) is 2.29. The van der Waals surface area contributed by atoms with Crippen molar-refractivity contribution >= 4 is 21.4 Å². The number of halogens is 2. The molecule has 1 amide bonds. The second kappa shape index (κ2) is 5.40. The Morgan fingerprint density at radius 1 is 1.33 bits per heavy atom. The molecule has 5 nitrogen and oxygen atoms in total. The van der Waals surface area contributed by atoms with Crippen molar-refractivity contribution in [2.75, 3.05) is 5.32 Å². The molecule has 0 aliphatic carbocycles. The Morgan fingerprint density at radius 3 is 2.39 bits per heavy atom. The van der Waals surface area contributed by atoms with E-state index >= 15 is 0 Å². The van der Waals surface area contributed by atoms with Crippen molar-refractivity contribution in [1.82, 2.24) is 0 Å². The predicted molar refractivity (Wildman–Crippen MR) is 61.9 cm³/mol. The van der Waals surface area contributed by atoms with Crippen LogP contribution in [0.5, 0.6) is 0 Å². The zero-order chi connectivity index (χ0) is 13.9. The van der Waals surface area contributed by atoms with E-state index in [1.165, 1.54) is 25.1 Å². The zero-order valence-corrected chi connectivity index (χ0v) is 10.2. The van der Waals surface area contributed by atoms with Crippen molar-refractivity contribution < 1.29 is 22.0 Å². The fraction of sp³-hybridized carbons (Fsp3) is 0.300. The van der Waals surface area contributed by atoms with Crippen LogP contribution in [-0.2, 0) is 14.6 Å². The van der Waals surface area contributed by atoms with Crippen LogP contribution in [0.4, 0.5) is 14.5 Å². The summed E-state index contributed by atoms with van der Waals surface area (Å²) in [4.78, 5) is 10.7. The number of rotatable bonds is 4. The molecule has 0 spiro atoms. The first-order chi connectivity index (χ1) is 8.26. The van der Waals surface area contributed by atoms with Gasteiger partial charge in [-0.05, 0) is 19.1 Å². The van der Waals surface area contributed by atoms with E-state index in [1.54, 1.807) is 0 Å². The van der Waals surface area contributed by atoms with Crippen LogP contribution in [0.3, 0.4) is 0 Å². The molecule has 0 heterocycles. The van der Waals surface area contributed by atoms with E-state index in [0.717, 1.165) is 6.07 Å². The monoisotopic (exact) mass is 278 g/mol. The number of nitrogens with one attached hydrogen (secondary N) is 1. The molecule has 3 N–H and O–H groups in total. The van der Waals surface area contributed by atoms with Gasteiger partial charge >= 0.3 is 5.76 Å². The third-order valence-corrected chi connectivity index (χ3v) is 3.54. The van der Waals surface area contributed by atoms with Gasteiger partial charge in [0.2, 0.25) is 15.7 Å². The highest BCUT2D eigenvalue weighted by Crippen LogP contribution is 2.25. The van der Waals surface area contributed by atoms with E-state index in [-0.39, 0.29) is 5.69 Å². The topological polar surface area (TPSA) is 89.3 Å². The van der Waals surface area contributed by atoms with E-state index in [9.17, 15) is 22.0 Å². The normalized spacial score (nSPS) is 13.4. The minimum absolute atomic E-state index is 0.208. The number of para-hydroxylation sites is 1. The van der Waals surface area contributed by atoms with Crippen LogP contribution in [-0.4, -0.2) is 26.1 Å². The van der Waals surface area contributed by atoms with Gasteiger partial charge in [0.05, 0.1) is 16.6 Å². The third-order valence-electron chi connectivity index (χ3n) is 2.10. The van der Waals surface area contributed by atoms with Crippen LogP contribution < -0.4 is 11.1 Å². The number of anilines is 1. The van der Waals surface area contributed by atoms with E-state index in [1.807, 2.05) is 0 Å². The zero-order valence-electron chi connectivity index (χ0n) is 9.43. The Morgan fingerprint density at radius 2 is 1.89 bits per heavy atom. The number of amides is 1.